The molecule has 0 amide bonds. The van der Waals surface area contributed by atoms with Crippen molar-refractivity contribution in [1.82, 2.24) is 4.90 Å². The van der Waals surface area contributed by atoms with Crippen LogP contribution < -0.4 is 5.32 Å². The van der Waals surface area contributed by atoms with Gasteiger partial charge in [-0.1, -0.05) is 18.5 Å². The Labute approximate surface area is 129 Å². The normalized spacial score (nSPS) is 22.2. The van der Waals surface area contributed by atoms with Gasteiger partial charge in [0.2, 0.25) is 0 Å². The number of anilines is 1. The molecule has 2 unspecified atom stereocenters. The molecule has 106 valence electrons. The number of piperidine rings is 1. The highest BCUT2D eigenvalue weighted by Crippen LogP contribution is 2.29. The number of hydrogen-bond donors (Lipinski definition) is 1. The van der Waals surface area contributed by atoms with Crippen molar-refractivity contribution < 1.29 is 0 Å². The number of likely N-dealkylation sites (tertiary alicyclic amines) is 1. The lowest BCUT2D eigenvalue weighted by molar-refractivity contribution is 0.172. The Hall–Kier alpha value is -0.250. The second-order valence-corrected chi connectivity index (χ2v) is 6.64. The molecule has 0 saturated carbocycles. The molecule has 1 fully saturated rings. The number of rotatable bonds is 4. The van der Waals surface area contributed by atoms with Crippen LogP contribution in [-0.2, 0) is 0 Å². The molecule has 1 aliphatic heterocycles. The fourth-order valence-electron chi connectivity index (χ4n) is 2.76. The van der Waals surface area contributed by atoms with Gasteiger partial charge in [-0.05, 0) is 72.9 Å². The standard InChI is InChI=1S/C15H22BrClN2/c1-3-19-8-4-5-12(10-19)11(2)18-15-7-6-13(17)9-14(15)16/h6-7,9,11-12,18H,3-5,8,10H2,1-2H3. The zero-order chi connectivity index (χ0) is 13.8. The molecule has 19 heavy (non-hydrogen) atoms. The van der Waals surface area contributed by atoms with Gasteiger partial charge in [-0.2, -0.15) is 0 Å². The Morgan fingerprint density at radius 2 is 2.32 bits per heavy atom. The van der Waals surface area contributed by atoms with Crippen LogP contribution in [0.15, 0.2) is 22.7 Å². The van der Waals surface area contributed by atoms with Gasteiger partial charge in [0.15, 0.2) is 0 Å². The summed E-state index contributed by atoms with van der Waals surface area (Å²) in [6, 6.07) is 6.39. The lowest BCUT2D eigenvalue weighted by Crippen LogP contribution is -2.41. The third-order valence-corrected chi connectivity index (χ3v) is 4.90. The summed E-state index contributed by atoms with van der Waals surface area (Å²) in [4.78, 5) is 2.54. The van der Waals surface area contributed by atoms with E-state index in [1.54, 1.807) is 0 Å². The maximum atomic E-state index is 5.98. The van der Waals surface area contributed by atoms with Crippen molar-refractivity contribution in [2.75, 3.05) is 25.0 Å². The van der Waals surface area contributed by atoms with Gasteiger partial charge in [-0.15, -0.1) is 0 Å². The maximum absolute atomic E-state index is 5.98. The Bertz CT molecular complexity index is 425. The van der Waals surface area contributed by atoms with E-state index < -0.39 is 0 Å². The molecular weight excluding hydrogens is 324 g/mol. The van der Waals surface area contributed by atoms with Gasteiger partial charge in [0.1, 0.15) is 0 Å². The first-order valence-corrected chi connectivity index (χ1v) is 8.21. The molecule has 0 aliphatic carbocycles. The van der Waals surface area contributed by atoms with Crippen molar-refractivity contribution in [3.8, 4) is 0 Å². The fourth-order valence-corrected chi connectivity index (χ4v) is 3.55. The Morgan fingerprint density at radius 3 is 3.00 bits per heavy atom. The van der Waals surface area contributed by atoms with E-state index in [4.69, 9.17) is 11.6 Å². The smallest absolute Gasteiger partial charge is 0.0487 e. The molecule has 1 saturated heterocycles. The summed E-state index contributed by atoms with van der Waals surface area (Å²) in [7, 11) is 0. The summed E-state index contributed by atoms with van der Waals surface area (Å²) in [6.07, 6.45) is 2.63. The van der Waals surface area contributed by atoms with Gasteiger partial charge in [-0.25, -0.2) is 0 Å². The van der Waals surface area contributed by atoms with E-state index in [-0.39, 0.29) is 0 Å². The molecule has 1 aromatic rings. The summed E-state index contributed by atoms with van der Waals surface area (Å²) >= 11 is 9.54. The van der Waals surface area contributed by atoms with Crippen LogP contribution in [-0.4, -0.2) is 30.6 Å². The van der Waals surface area contributed by atoms with Gasteiger partial charge in [0.25, 0.3) is 0 Å². The molecule has 4 heteroatoms. The number of nitrogens with zero attached hydrogens (tertiary/aromatic N) is 1. The third-order valence-electron chi connectivity index (χ3n) is 4.01. The van der Waals surface area contributed by atoms with Gasteiger partial charge < -0.3 is 10.2 Å². The van der Waals surface area contributed by atoms with Gasteiger partial charge >= 0.3 is 0 Å². The predicted molar refractivity (Wildman–Crippen MR) is 87.1 cm³/mol. The first-order valence-electron chi connectivity index (χ1n) is 7.04. The van der Waals surface area contributed by atoms with Crippen molar-refractivity contribution in [1.29, 1.82) is 0 Å². The minimum absolute atomic E-state index is 0.479. The molecule has 1 aromatic carbocycles. The minimum Gasteiger partial charge on any atom is -0.381 e. The average Bonchev–Trinajstić information content (AvgIpc) is 2.42. The second-order valence-electron chi connectivity index (χ2n) is 5.35. The predicted octanol–water partition coefficient (Wildman–Crippen LogP) is 4.63. The van der Waals surface area contributed by atoms with Crippen LogP contribution in [0.3, 0.4) is 0 Å². The fraction of sp³-hybridized carbons (Fsp3) is 0.600. The topological polar surface area (TPSA) is 15.3 Å². The molecule has 0 radical (unpaired) electrons. The van der Waals surface area contributed by atoms with E-state index in [0.29, 0.717) is 6.04 Å². The van der Waals surface area contributed by atoms with Crippen LogP contribution in [0.5, 0.6) is 0 Å². The van der Waals surface area contributed by atoms with E-state index in [0.717, 1.165) is 27.6 Å². The van der Waals surface area contributed by atoms with Gasteiger partial charge in [0.05, 0.1) is 0 Å². The lowest BCUT2D eigenvalue weighted by Gasteiger charge is -2.36. The Morgan fingerprint density at radius 1 is 1.53 bits per heavy atom. The highest BCUT2D eigenvalue weighted by atomic mass is 79.9. The van der Waals surface area contributed by atoms with Gasteiger partial charge in [-0.3, -0.25) is 0 Å². The van der Waals surface area contributed by atoms with Gasteiger partial charge in [0, 0.05) is 27.8 Å². The molecular formula is C15H22BrClN2. The van der Waals surface area contributed by atoms with Crippen LogP contribution in [0.4, 0.5) is 5.69 Å². The van der Waals surface area contributed by atoms with Crippen LogP contribution in [0, 0.1) is 5.92 Å². The van der Waals surface area contributed by atoms with E-state index in [2.05, 4.69) is 40.0 Å². The molecule has 1 heterocycles. The van der Waals surface area contributed by atoms with E-state index in [1.165, 1.54) is 25.9 Å². The summed E-state index contributed by atoms with van der Waals surface area (Å²) in [5.74, 6) is 0.719. The monoisotopic (exact) mass is 344 g/mol. The molecule has 0 aromatic heterocycles. The summed E-state index contributed by atoms with van der Waals surface area (Å²) in [5, 5.41) is 4.38. The zero-order valence-corrected chi connectivity index (χ0v) is 14.0. The summed E-state index contributed by atoms with van der Waals surface area (Å²) < 4.78 is 1.04. The largest absolute Gasteiger partial charge is 0.381 e. The summed E-state index contributed by atoms with van der Waals surface area (Å²) in [6.45, 7) is 8.15. The molecule has 1 N–H and O–H groups in total. The Balaban J connectivity index is 1.98. The number of halogens is 2. The van der Waals surface area contributed by atoms with E-state index in [9.17, 15) is 0 Å². The minimum atomic E-state index is 0.479. The van der Waals surface area contributed by atoms with E-state index in [1.807, 2.05) is 18.2 Å². The maximum Gasteiger partial charge on any atom is 0.0487 e. The number of hydrogen-bond acceptors (Lipinski definition) is 2. The molecule has 2 atom stereocenters. The first kappa shape index (κ1) is 15.1. The van der Waals surface area contributed by atoms with Crippen molar-refractivity contribution >= 4 is 33.2 Å². The second kappa shape index (κ2) is 6.96. The highest BCUT2D eigenvalue weighted by Gasteiger charge is 2.24. The first-order chi connectivity index (χ1) is 9.10. The number of nitrogens with one attached hydrogen (secondary N) is 1. The van der Waals surface area contributed by atoms with Crippen LogP contribution >= 0.6 is 27.5 Å². The van der Waals surface area contributed by atoms with Crippen molar-refractivity contribution in [3.05, 3.63) is 27.7 Å². The van der Waals surface area contributed by atoms with Crippen molar-refractivity contribution in [2.45, 2.75) is 32.7 Å². The summed E-state index contributed by atoms with van der Waals surface area (Å²) in [5.41, 5.74) is 1.13. The third kappa shape index (κ3) is 4.11. The van der Waals surface area contributed by atoms with E-state index >= 15 is 0 Å². The zero-order valence-electron chi connectivity index (χ0n) is 11.6. The number of benzene rings is 1. The quantitative estimate of drug-likeness (QED) is 0.855. The van der Waals surface area contributed by atoms with Crippen LogP contribution in [0.2, 0.25) is 5.02 Å². The average molecular weight is 346 g/mol. The lowest BCUT2D eigenvalue weighted by atomic mass is 9.91. The molecule has 0 spiro atoms. The molecule has 2 rings (SSSR count). The molecule has 0 bridgehead atoms. The Kier molecular flexibility index (Phi) is 5.55. The molecule has 2 nitrogen and oxygen atoms in total. The van der Waals surface area contributed by atoms with Crippen LogP contribution in [0.25, 0.3) is 0 Å². The SMILES string of the molecule is CCN1CCCC(C(C)Nc2ccc(Cl)cc2Br)C1. The molecule has 1 aliphatic rings. The van der Waals surface area contributed by atoms with Crippen molar-refractivity contribution in [2.24, 2.45) is 5.92 Å². The highest BCUT2D eigenvalue weighted by molar-refractivity contribution is 9.10. The van der Waals surface area contributed by atoms with Crippen molar-refractivity contribution in [3.63, 3.8) is 0 Å². The van der Waals surface area contributed by atoms with Crippen LogP contribution in [0.1, 0.15) is 26.7 Å².